The Hall–Kier alpha value is -2.78. The van der Waals surface area contributed by atoms with Crippen LogP contribution in [0.1, 0.15) is 39.8 Å². The number of aromatic nitrogens is 1. The number of benzene rings is 2. The van der Waals surface area contributed by atoms with Crippen molar-refractivity contribution in [2.45, 2.75) is 18.9 Å². The minimum Gasteiger partial charge on any atom is -0.489 e. The molecule has 1 atom stereocenters. The lowest BCUT2D eigenvalue weighted by Crippen LogP contribution is -2.47. The van der Waals surface area contributed by atoms with Crippen molar-refractivity contribution >= 4 is 46.0 Å². The molecule has 1 fully saturated rings. The predicted octanol–water partition coefficient (Wildman–Crippen LogP) is 4.73. The highest BCUT2D eigenvalue weighted by Crippen LogP contribution is 2.40. The number of ether oxygens (including phenoxy) is 4. The average molecular weight is 535 g/mol. The average Bonchev–Trinajstić information content (AvgIpc) is 3.49. The molecule has 36 heavy (non-hydrogen) atoms. The Bertz CT molecular complexity index is 1270. The summed E-state index contributed by atoms with van der Waals surface area (Å²) in [5, 5.41) is 4.40. The lowest BCUT2D eigenvalue weighted by molar-refractivity contribution is 0.0600. The summed E-state index contributed by atoms with van der Waals surface area (Å²) in [6, 6.07) is 10.5. The number of esters is 1. The standard InChI is InChI=1S/C26H28Cl2N2O6/c1-4-34-11-12-36-21-14-19-18(22(27)23(21)28)13-20(30(19)2)24(31)29-26(9-10-35-15-26)17-7-5-16(6-8-17)25(32)33-3/h5-8,13-14H,4,9-12,15H2,1-3H3,(H,29,31). The van der Waals surface area contributed by atoms with Gasteiger partial charge in [0.25, 0.3) is 5.91 Å². The van der Waals surface area contributed by atoms with E-state index in [1.165, 1.54) is 7.11 Å². The minimum absolute atomic E-state index is 0.282. The van der Waals surface area contributed by atoms with Crippen molar-refractivity contribution in [3.05, 3.63) is 63.3 Å². The van der Waals surface area contributed by atoms with Crippen molar-refractivity contribution in [2.75, 3.05) is 40.1 Å². The van der Waals surface area contributed by atoms with E-state index in [2.05, 4.69) is 5.32 Å². The molecular weight excluding hydrogens is 507 g/mol. The summed E-state index contributed by atoms with van der Waals surface area (Å²) in [6.45, 7) is 4.06. The van der Waals surface area contributed by atoms with E-state index in [9.17, 15) is 9.59 Å². The second-order valence-electron chi connectivity index (χ2n) is 8.48. The molecule has 4 rings (SSSR count). The fraction of sp³-hybridized carbons (Fsp3) is 0.385. The van der Waals surface area contributed by atoms with Crippen molar-refractivity contribution < 1.29 is 28.5 Å². The Morgan fingerprint density at radius 2 is 1.89 bits per heavy atom. The summed E-state index contributed by atoms with van der Waals surface area (Å²) in [5.41, 5.74) is 1.65. The molecule has 192 valence electrons. The molecule has 1 aliphatic rings. The molecule has 0 radical (unpaired) electrons. The van der Waals surface area contributed by atoms with Crippen LogP contribution in [0.25, 0.3) is 10.9 Å². The fourth-order valence-corrected chi connectivity index (χ4v) is 4.80. The van der Waals surface area contributed by atoms with E-state index in [-0.39, 0.29) is 10.9 Å². The van der Waals surface area contributed by atoms with Gasteiger partial charge in [0, 0.05) is 38.1 Å². The number of carbonyl (C=O) groups is 2. The second kappa shape index (κ2) is 11.1. The first-order chi connectivity index (χ1) is 17.3. The summed E-state index contributed by atoms with van der Waals surface area (Å²) in [6.07, 6.45) is 0.588. The van der Waals surface area contributed by atoms with Crippen LogP contribution < -0.4 is 10.1 Å². The first-order valence-corrected chi connectivity index (χ1v) is 12.3. The number of hydrogen-bond acceptors (Lipinski definition) is 6. The molecule has 1 aromatic heterocycles. The third-order valence-corrected chi connectivity index (χ3v) is 7.21. The molecule has 1 saturated heterocycles. The number of nitrogens with one attached hydrogen (secondary N) is 1. The maximum Gasteiger partial charge on any atom is 0.337 e. The summed E-state index contributed by atoms with van der Waals surface area (Å²) >= 11 is 13.0. The largest absolute Gasteiger partial charge is 0.489 e. The SMILES string of the molecule is CCOCCOc1cc2c(cc(C(=O)NC3(c4ccc(C(=O)OC)cc4)CCOC3)n2C)c(Cl)c1Cl. The number of hydrogen-bond donors (Lipinski definition) is 1. The van der Waals surface area contributed by atoms with Crippen molar-refractivity contribution in [1.29, 1.82) is 0 Å². The van der Waals surface area contributed by atoms with Crippen LogP contribution in [0.2, 0.25) is 10.0 Å². The van der Waals surface area contributed by atoms with E-state index in [4.69, 9.17) is 42.1 Å². The van der Waals surface area contributed by atoms with Gasteiger partial charge in [0.05, 0.1) is 42.0 Å². The van der Waals surface area contributed by atoms with Crippen LogP contribution in [0.3, 0.4) is 0 Å². The van der Waals surface area contributed by atoms with Gasteiger partial charge in [0.1, 0.15) is 23.1 Å². The summed E-state index contributed by atoms with van der Waals surface area (Å²) < 4.78 is 23.3. The van der Waals surface area contributed by atoms with Crippen LogP contribution in [-0.2, 0) is 26.8 Å². The molecule has 3 aromatic rings. The number of amides is 1. The van der Waals surface area contributed by atoms with E-state index in [0.717, 1.165) is 5.56 Å². The molecule has 1 amide bonds. The molecule has 0 saturated carbocycles. The van der Waals surface area contributed by atoms with Gasteiger partial charge >= 0.3 is 5.97 Å². The second-order valence-corrected chi connectivity index (χ2v) is 9.23. The zero-order valence-electron chi connectivity index (χ0n) is 20.4. The van der Waals surface area contributed by atoms with E-state index in [1.807, 2.05) is 19.1 Å². The van der Waals surface area contributed by atoms with Crippen LogP contribution in [0.4, 0.5) is 0 Å². The zero-order chi connectivity index (χ0) is 25.9. The van der Waals surface area contributed by atoms with Crippen LogP contribution in [-0.4, -0.2) is 56.6 Å². The Balaban J connectivity index is 1.63. The molecular formula is C26H28Cl2N2O6. The fourth-order valence-electron chi connectivity index (χ4n) is 4.35. The number of methoxy groups -OCH3 is 1. The Kier molecular flexibility index (Phi) is 8.10. The number of halogens is 2. The van der Waals surface area contributed by atoms with Crippen molar-refractivity contribution in [3.63, 3.8) is 0 Å². The maximum atomic E-state index is 13.5. The molecule has 2 aromatic carbocycles. The third-order valence-electron chi connectivity index (χ3n) is 6.35. The summed E-state index contributed by atoms with van der Waals surface area (Å²) in [4.78, 5) is 25.4. The molecule has 1 unspecified atom stereocenters. The Morgan fingerprint density at radius 1 is 1.14 bits per heavy atom. The molecule has 10 heteroatoms. The topological polar surface area (TPSA) is 88.0 Å². The minimum atomic E-state index is -0.739. The zero-order valence-corrected chi connectivity index (χ0v) is 21.9. The molecule has 1 aliphatic heterocycles. The summed E-state index contributed by atoms with van der Waals surface area (Å²) in [7, 11) is 3.12. The van der Waals surface area contributed by atoms with Crippen molar-refractivity contribution in [3.8, 4) is 5.75 Å². The Morgan fingerprint density at radius 3 is 2.53 bits per heavy atom. The molecule has 0 aliphatic carbocycles. The number of fused-ring (bicyclic) bond motifs is 1. The van der Waals surface area contributed by atoms with Crippen LogP contribution in [0.15, 0.2) is 36.4 Å². The lowest BCUT2D eigenvalue weighted by Gasteiger charge is -2.29. The van der Waals surface area contributed by atoms with E-state index in [1.54, 1.807) is 35.9 Å². The number of rotatable bonds is 9. The van der Waals surface area contributed by atoms with Gasteiger partial charge in [-0.1, -0.05) is 35.3 Å². The number of aryl methyl sites for hydroxylation is 1. The van der Waals surface area contributed by atoms with Gasteiger partial charge in [0.15, 0.2) is 0 Å². The van der Waals surface area contributed by atoms with Crippen molar-refractivity contribution in [2.24, 2.45) is 7.05 Å². The molecule has 8 nitrogen and oxygen atoms in total. The molecule has 0 bridgehead atoms. The molecule has 2 heterocycles. The quantitative estimate of drug-likeness (QED) is 0.315. The normalized spacial score (nSPS) is 17.4. The van der Waals surface area contributed by atoms with Gasteiger partial charge in [-0.15, -0.1) is 0 Å². The third kappa shape index (κ3) is 5.04. The molecule has 1 N–H and O–H groups in total. The lowest BCUT2D eigenvalue weighted by atomic mass is 9.88. The highest BCUT2D eigenvalue weighted by Gasteiger charge is 2.39. The van der Waals surface area contributed by atoms with Gasteiger partial charge < -0.3 is 28.8 Å². The predicted molar refractivity (Wildman–Crippen MR) is 137 cm³/mol. The van der Waals surface area contributed by atoms with E-state index in [0.29, 0.717) is 72.4 Å². The van der Waals surface area contributed by atoms with Gasteiger partial charge in [-0.3, -0.25) is 4.79 Å². The monoisotopic (exact) mass is 534 g/mol. The van der Waals surface area contributed by atoms with E-state index < -0.39 is 11.5 Å². The van der Waals surface area contributed by atoms with Gasteiger partial charge in [0.2, 0.25) is 0 Å². The smallest absolute Gasteiger partial charge is 0.337 e. The number of nitrogens with zero attached hydrogens (tertiary/aromatic N) is 1. The highest BCUT2D eigenvalue weighted by molar-refractivity contribution is 6.46. The van der Waals surface area contributed by atoms with Crippen LogP contribution in [0.5, 0.6) is 5.75 Å². The van der Waals surface area contributed by atoms with Gasteiger partial charge in [-0.2, -0.15) is 0 Å². The Labute approximate surface area is 219 Å². The number of carbonyl (C=O) groups excluding carboxylic acids is 2. The van der Waals surface area contributed by atoms with E-state index >= 15 is 0 Å². The van der Waals surface area contributed by atoms with Crippen LogP contribution in [0, 0.1) is 0 Å². The molecule has 0 spiro atoms. The van der Waals surface area contributed by atoms with Crippen LogP contribution >= 0.6 is 23.2 Å². The van der Waals surface area contributed by atoms with Gasteiger partial charge in [-0.05, 0) is 30.7 Å². The first kappa shape index (κ1) is 26.3. The highest BCUT2D eigenvalue weighted by atomic mass is 35.5. The van der Waals surface area contributed by atoms with Crippen molar-refractivity contribution in [1.82, 2.24) is 9.88 Å². The first-order valence-electron chi connectivity index (χ1n) is 11.6. The summed E-state index contributed by atoms with van der Waals surface area (Å²) in [5.74, 6) is -0.287. The van der Waals surface area contributed by atoms with Gasteiger partial charge in [-0.25, -0.2) is 4.79 Å². The maximum absolute atomic E-state index is 13.5.